The number of hydrogen-bond donors (Lipinski definition) is 1. The Morgan fingerprint density at radius 1 is 1.16 bits per heavy atom. The molecule has 1 aliphatic heterocycles. The highest BCUT2D eigenvalue weighted by molar-refractivity contribution is 5.88. The van der Waals surface area contributed by atoms with Crippen molar-refractivity contribution in [1.82, 2.24) is 14.7 Å². The number of carbonyl (C=O) groups is 2. The van der Waals surface area contributed by atoms with Gasteiger partial charge in [0.15, 0.2) is 5.69 Å². The Balaban J connectivity index is 1.49. The summed E-state index contributed by atoms with van der Waals surface area (Å²) in [6, 6.07) is 6.13. The van der Waals surface area contributed by atoms with Crippen LogP contribution in [0.15, 0.2) is 18.2 Å². The molecule has 9 heteroatoms. The first-order valence-electron chi connectivity index (χ1n) is 10.5. The van der Waals surface area contributed by atoms with Crippen molar-refractivity contribution in [3.63, 3.8) is 0 Å². The van der Waals surface area contributed by atoms with Gasteiger partial charge in [-0.2, -0.15) is 13.9 Å². The molecule has 1 aromatic heterocycles. The number of benzene rings is 1. The minimum Gasteiger partial charge on any atom is -0.476 e. The summed E-state index contributed by atoms with van der Waals surface area (Å²) >= 11 is 0. The Morgan fingerprint density at radius 3 is 2.55 bits per heavy atom. The van der Waals surface area contributed by atoms with Gasteiger partial charge in [-0.15, -0.1) is 0 Å². The Labute approximate surface area is 179 Å². The number of carboxylic acid groups (broad SMARTS) is 1. The maximum atomic E-state index is 14.6. The molecule has 0 bridgehead atoms. The molecule has 1 amide bonds. The zero-order valence-electron chi connectivity index (χ0n) is 17.7. The van der Waals surface area contributed by atoms with E-state index in [0.717, 1.165) is 10.4 Å². The fraction of sp³-hybridized carbons (Fsp3) is 0.500. The van der Waals surface area contributed by atoms with E-state index in [1.165, 1.54) is 11.1 Å². The maximum Gasteiger partial charge on any atom is 0.356 e. The molecule has 2 aliphatic rings. The van der Waals surface area contributed by atoms with Crippen LogP contribution in [0.2, 0.25) is 0 Å². The number of hydrogen-bond acceptors (Lipinski definition) is 4. The number of aryl methyl sites for hydroxylation is 1. The van der Waals surface area contributed by atoms with Gasteiger partial charge in [-0.25, -0.2) is 4.79 Å². The van der Waals surface area contributed by atoms with Crippen LogP contribution in [0.4, 0.5) is 14.5 Å². The van der Waals surface area contributed by atoms with E-state index in [2.05, 4.69) is 36.0 Å². The van der Waals surface area contributed by atoms with Gasteiger partial charge in [0.2, 0.25) is 5.91 Å². The first-order valence-corrected chi connectivity index (χ1v) is 10.5. The van der Waals surface area contributed by atoms with Gasteiger partial charge < -0.3 is 14.9 Å². The maximum absolute atomic E-state index is 14.6. The predicted molar refractivity (Wildman–Crippen MR) is 111 cm³/mol. The van der Waals surface area contributed by atoms with Crippen molar-refractivity contribution in [2.45, 2.75) is 45.6 Å². The lowest BCUT2D eigenvalue weighted by Gasteiger charge is -2.37. The summed E-state index contributed by atoms with van der Waals surface area (Å²) in [6.07, 6.45) is 0.0585. The number of alkyl halides is 2. The molecule has 2 aromatic rings. The smallest absolute Gasteiger partial charge is 0.356 e. The van der Waals surface area contributed by atoms with E-state index >= 15 is 0 Å². The fourth-order valence-electron chi connectivity index (χ4n) is 4.54. The SMILES string of the molecule is Cc1cccc(N2CCN(C(=O)Cn3nc(C(=O)O)c4c3C(F)(F)CCC4)CC2)c1C. The second-order valence-corrected chi connectivity index (χ2v) is 8.28. The molecule has 1 fully saturated rings. The number of piperazine rings is 1. The van der Waals surface area contributed by atoms with Crippen LogP contribution in [-0.2, 0) is 23.7 Å². The highest BCUT2D eigenvalue weighted by Crippen LogP contribution is 2.41. The van der Waals surface area contributed by atoms with E-state index in [4.69, 9.17) is 0 Å². The number of nitrogens with zero attached hydrogens (tertiary/aromatic N) is 4. The van der Waals surface area contributed by atoms with Crippen LogP contribution in [-0.4, -0.2) is 57.8 Å². The Hall–Kier alpha value is -2.97. The molecule has 0 radical (unpaired) electrons. The zero-order valence-corrected chi connectivity index (χ0v) is 17.7. The molecule has 1 saturated heterocycles. The lowest BCUT2D eigenvalue weighted by Crippen LogP contribution is -2.50. The number of anilines is 1. The first-order chi connectivity index (χ1) is 14.7. The third-order valence-electron chi connectivity index (χ3n) is 6.35. The number of halogens is 2. The standard InChI is InChI=1S/C22H26F2N4O3/c1-14-5-3-7-17(15(14)2)26-9-11-27(12-10-26)18(29)13-28-20-16(19(25-28)21(30)31)6-4-8-22(20,23)24/h3,5,7H,4,6,8-13H2,1-2H3,(H,30,31). The van der Waals surface area contributed by atoms with Crippen molar-refractivity contribution in [3.05, 3.63) is 46.3 Å². The Kier molecular flexibility index (Phi) is 5.45. The number of carboxylic acids is 1. The van der Waals surface area contributed by atoms with Crippen LogP contribution in [0, 0.1) is 13.8 Å². The molecule has 2 heterocycles. The predicted octanol–water partition coefficient (Wildman–Crippen LogP) is 2.98. The first kappa shape index (κ1) is 21.3. The monoisotopic (exact) mass is 432 g/mol. The molecule has 0 unspecified atom stereocenters. The van der Waals surface area contributed by atoms with Crippen molar-refractivity contribution in [2.75, 3.05) is 31.1 Å². The van der Waals surface area contributed by atoms with E-state index in [1.54, 1.807) is 4.90 Å². The van der Waals surface area contributed by atoms with Gasteiger partial charge in [-0.05, 0) is 43.9 Å². The van der Waals surface area contributed by atoms with Gasteiger partial charge in [0.1, 0.15) is 12.2 Å². The van der Waals surface area contributed by atoms with Gasteiger partial charge in [-0.1, -0.05) is 12.1 Å². The van der Waals surface area contributed by atoms with Crippen molar-refractivity contribution >= 4 is 17.6 Å². The summed E-state index contributed by atoms with van der Waals surface area (Å²) in [5.41, 5.74) is 2.80. The van der Waals surface area contributed by atoms with Crippen molar-refractivity contribution in [1.29, 1.82) is 0 Å². The van der Waals surface area contributed by atoms with Crippen LogP contribution in [0.5, 0.6) is 0 Å². The third-order valence-corrected chi connectivity index (χ3v) is 6.35. The lowest BCUT2D eigenvalue weighted by molar-refractivity contribution is -0.132. The zero-order chi connectivity index (χ0) is 22.3. The van der Waals surface area contributed by atoms with E-state index in [-0.39, 0.29) is 43.0 Å². The van der Waals surface area contributed by atoms with Gasteiger partial charge in [-0.3, -0.25) is 9.48 Å². The van der Waals surface area contributed by atoms with Gasteiger partial charge in [0.05, 0.1) is 0 Å². The van der Waals surface area contributed by atoms with E-state index < -0.39 is 17.6 Å². The second-order valence-electron chi connectivity index (χ2n) is 8.28. The molecule has 31 heavy (non-hydrogen) atoms. The minimum absolute atomic E-state index is 0.0521. The van der Waals surface area contributed by atoms with E-state index in [1.807, 2.05) is 6.07 Å². The highest BCUT2D eigenvalue weighted by atomic mass is 19.3. The number of aromatic nitrogens is 2. The molecule has 7 nitrogen and oxygen atoms in total. The lowest BCUT2D eigenvalue weighted by atomic mass is 9.92. The van der Waals surface area contributed by atoms with Gasteiger partial charge in [0.25, 0.3) is 5.92 Å². The average Bonchev–Trinajstić information content (AvgIpc) is 3.10. The molecule has 1 N–H and O–H groups in total. The topological polar surface area (TPSA) is 78.7 Å². The molecular formula is C22H26F2N4O3. The van der Waals surface area contributed by atoms with E-state index in [0.29, 0.717) is 26.2 Å². The summed E-state index contributed by atoms with van der Waals surface area (Å²) in [5.74, 6) is -4.86. The molecule has 4 rings (SSSR count). The fourth-order valence-corrected chi connectivity index (χ4v) is 4.54. The Morgan fingerprint density at radius 2 is 1.87 bits per heavy atom. The summed E-state index contributed by atoms with van der Waals surface area (Å²) in [6.45, 7) is 5.98. The van der Waals surface area contributed by atoms with Crippen LogP contribution in [0.25, 0.3) is 0 Å². The second kappa shape index (κ2) is 7.94. The summed E-state index contributed by atoms with van der Waals surface area (Å²) < 4.78 is 30.0. The number of aromatic carboxylic acids is 1. The van der Waals surface area contributed by atoms with Crippen molar-refractivity contribution in [3.8, 4) is 0 Å². The van der Waals surface area contributed by atoms with Gasteiger partial charge >= 0.3 is 5.97 Å². The van der Waals surface area contributed by atoms with Gasteiger partial charge in [0, 0.05) is 43.9 Å². The third kappa shape index (κ3) is 3.88. The molecule has 0 atom stereocenters. The minimum atomic E-state index is -3.18. The normalized spacial score (nSPS) is 18.1. The summed E-state index contributed by atoms with van der Waals surface area (Å²) in [7, 11) is 0. The summed E-state index contributed by atoms with van der Waals surface area (Å²) in [5, 5.41) is 13.2. The largest absolute Gasteiger partial charge is 0.476 e. The average molecular weight is 432 g/mol. The number of fused-ring (bicyclic) bond motifs is 1. The summed E-state index contributed by atoms with van der Waals surface area (Å²) in [4.78, 5) is 28.2. The molecule has 0 saturated carbocycles. The van der Waals surface area contributed by atoms with Crippen molar-refractivity contribution < 1.29 is 23.5 Å². The molecule has 1 aliphatic carbocycles. The number of amides is 1. The Bertz CT molecular complexity index is 1030. The van der Waals surface area contributed by atoms with E-state index in [9.17, 15) is 23.5 Å². The van der Waals surface area contributed by atoms with Crippen LogP contribution in [0.3, 0.4) is 0 Å². The highest BCUT2D eigenvalue weighted by Gasteiger charge is 2.43. The molecule has 1 aromatic carbocycles. The van der Waals surface area contributed by atoms with Crippen molar-refractivity contribution in [2.24, 2.45) is 0 Å². The molecule has 0 spiro atoms. The number of rotatable bonds is 4. The molecule has 166 valence electrons. The number of carbonyl (C=O) groups excluding carboxylic acids is 1. The molecular weight excluding hydrogens is 406 g/mol. The van der Waals surface area contributed by atoms with Crippen LogP contribution in [0.1, 0.15) is 45.7 Å². The van der Waals surface area contributed by atoms with Crippen LogP contribution < -0.4 is 4.90 Å². The van der Waals surface area contributed by atoms with Crippen LogP contribution >= 0.6 is 0 Å². The quantitative estimate of drug-likeness (QED) is 0.804.